The van der Waals surface area contributed by atoms with Crippen LogP contribution in [-0.4, -0.2) is 6.21 Å². The lowest BCUT2D eigenvalue weighted by Gasteiger charge is -1.91. The Labute approximate surface area is 59.3 Å². The largest absolute Gasteiger partial charge is 0.466 e. The zero-order chi connectivity index (χ0) is 7.23. The van der Waals surface area contributed by atoms with Crippen LogP contribution in [0.2, 0.25) is 0 Å². The molecule has 0 radical (unpaired) electrons. The highest BCUT2D eigenvalue weighted by atomic mass is 16.6. The van der Waals surface area contributed by atoms with E-state index >= 15 is 0 Å². The number of hydrogen-bond donors (Lipinski definition) is 0. The van der Waals surface area contributed by atoms with Crippen molar-refractivity contribution in [3.63, 3.8) is 0 Å². The third kappa shape index (κ3) is 1.93. The van der Waals surface area contributed by atoms with Gasteiger partial charge in [0.15, 0.2) is 6.61 Å². The molecule has 1 heterocycles. The standard InChI is InChI=1S/C7H9NO2/c1-2-8-10-6-7-4-3-5-9-7/h2-5H,6H2,1H3. The van der Waals surface area contributed by atoms with Crippen LogP contribution < -0.4 is 0 Å². The zero-order valence-corrected chi connectivity index (χ0v) is 5.78. The second kappa shape index (κ2) is 3.71. The van der Waals surface area contributed by atoms with E-state index in [1.54, 1.807) is 19.4 Å². The lowest BCUT2D eigenvalue weighted by molar-refractivity contribution is 0.116. The summed E-state index contributed by atoms with van der Waals surface area (Å²) in [6.07, 6.45) is 3.19. The molecule has 0 atom stereocenters. The Morgan fingerprint density at radius 1 is 1.80 bits per heavy atom. The van der Waals surface area contributed by atoms with Crippen LogP contribution in [0.4, 0.5) is 0 Å². The van der Waals surface area contributed by atoms with Gasteiger partial charge in [0.25, 0.3) is 0 Å². The van der Waals surface area contributed by atoms with Crippen molar-refractivity contribution in [3.05, 3.63) is 24.2 Å². The molecular formula is C7H9NO2. The molecule has 0 unspecified atom stereocenters. The molecule has 0 aliphatic heterocycles. The molecule has 0 aromatic carbocycles. The highest BCUT2D eigenvalue weighted by Crippen LogP contribution is 2.00. The van der Waals surface area contributed by atoms with Crippen LogP contribution in [0.1, 0.15) is 12.7 Å². The first-order valence-corrected chi connectivity index (χ1v) is 3.06. The van der Waals surface area contributed by atoms with Crippen molar-refractivity contribution < 1.29 is 9.25 Å². The van der Waals surface area contributed by atoms with Crippen molar-refractivity contribution in [2.24, 2.45) is 5.16 Å². The van der Waals surface area contributed by atoms with Gasteiger partial charge >= 0.3 is 0 Å². The summed E-state index contributed by atoms with van der Waals surface area (Å²) in [5.41, 5.74) is 0. The number of oxime groups is 1. The topological polar surface area (TPSA) is 34.7 Å². The molecule has 0 amide bonds. The summed E-state index contributed by atoms with van der Waals surface area (Å²) in [6.45, 7) is 2.19. The monoisotopic (exact) mass is 139 g/mol. The summed E-state index contributed by atoms with van der Waals surface area (Å²) < 4.78 is 4.98. The van der Waals surface area contributed by atoms with Gasteiger partial charge in [-0.05, 0) is 19.1 Å². The van der Waals surface area contributed by atoms with E-state index in [0.717, 1.165) is 5.76 Å². The van der Waals surface area contributed by atoms with Crippen LogP contribution in [0, 0.1) is 0 Å². The molecule has 10 heavy (non-hydrogen) atoms. The fourth-order valence-electron chi connectivity index (χ4n) is 0.570. The van der Waals surface area contributed by atoms with Crippen LogP contribution >= 0.6 is 0 Å². The molecule has 3 heteroatoms. The molecule has 0 aliphatic rings. The lowest BCUT2D eigenvalue weighted by Crippen LogP contribution is -1.82. The van der Waals surface area contributed by atoms with Crippen LogP contribution in [0.25, 0.3) is 0 Å². The average molecular weight is 139 g/mol. The molecule has 0 aliphatic carbocycles. The van der Waals surface area contributed by atoms with Crippen molar-refractivity contribution in [2.45, 2.75) is 13.5 Å². The van der Waals surface area contributed by atoms with E-state index < -0.39 is 0 Å². The van der Waals surface area contributed by atoms with Crippen molar-refractivity contribution in [1.29, 1.82) is 0 Å². The Morgan fingerprint density at radius 2 is 2.70 bits per heavy atom. The zero-order valence-electron chi connectivity index (χ0n) is 5.78. The molecule has 0 fully saturated rings. The molecule has 0 spiro atoms. The third-order valence-corrected chi connectivity index (χ3v) is 0.967. The van der Waals surface area contributed by atoms with Crippen LogP contribution in [-0.2, 0) is 11.4 Å². The SMILES string of the molecule is CC=NOCc1ccco1. The summed E-state index contributed by atoms with van der Waals surface area (Å²) in [7, 11) is 0. The van der Waals surface area contributed by atoms with Crippen molar-refractivity contribution >= 4 is 6.21 Å². The van der Waals surface area contributed by atoms with Gasteiger partial charge in [-0.25, -0.2) is 0 Å². The average Bonchev–Trinajstić information content (AvgIpc) is 2.41. The Balaban J connectivity index is 2.28. The van der Waals surface area contributed by atoms with E-state index in [0.29, 0.717) is 6.61 Å². The maximum absolute atomic E-state index is 4.98. The van der Waals surface area contributed by atoms with Gasteiger partial charge in [-0.3, -0.25) is 0 Å². The quantitative estimate of drug-likeness (QED) is 0.472. The normalized spacial score (nSPS) is 10.5. The molecule has 3 nitrogen and oxygen atoms in total. The van der Waals surface area contributed by atoms with Gasteiger partial charge in [-0.2, -0.15) is 0 Å². The maximum Gasteiger partial charge on any atom is 0.174 e. The lowest BCUT2D eigenvalue weighted by atomic mass is 10.5. The minimum atomic E-state index is 0.400. The van der Waals surface area contributed by atoms with E-state index in [9.17, 15) is 0 Å². The molecule has 54 valence electrons. The van der Waals surface area contributed by atoms with E-state index in [1.165, 1.54) is 0 Å². The summed E-state index contributed by atoms with van der Waals surface area (Å²) in [4.78, 5) is 4.80. The minimum Gasteiger partial charge on any atom is -0.466 e. The summed E-state index contributed by atoms with van der Waals surface area (Å²) in [5.74, 6) is 0.783. The second-order valence-corrected chi connectivity index (χ2v) is 1.72. The number of rotatable bonds is 3. The molecule has 0 saturated carbocycles. The first-order valence-electron chi connectivity index (χ1n) is 3.06. The van der Waals surface area contributed by atoms with Gasteiger partial charge in [0.05, 0.1) is 6.26 Å². The number of furan rings is 1. The first-order chi connectivity index (χ1) is 4.93. The fraction of sp³-hybridized carbons (Fsp3) is 0.286. The second-order valence-electron chi connectivity index (χ2n) is 1.72. The Hall–Kier alpha value is -1.25. The summed E-state index contributed by atoms with van der Waals surface area (Å²) in [6, 6.07) is 3.65. The van der Waals surface area contributed by atoms with Gasteiger partial charge < -0.3 is 9.25 Å². The predicted molar refractivity (Wildman–Crippen MR) is 37.7 cm³/mol. The van der Waals surface area contributed by atoms with Gasteiger partial charge in [-0.15, -0.1) is 0 Å². The summed E-state index contributed by atoms with van der Waals surface area (Å²) in [5, 5.41) is 3.56. The molecule has 1 rings (SSSR count). The highest BCUT2D eigenvalue weighted by molar-refractivity contribution is 5.52. The van der Waals surface area contributed by atoms with Crippen molar-refractivity contribution in [3.8, 4) is 0 Å². The fourth-order valence-corrected chi connectivity index (χ4v) is 0.570. The first kappa shape index (κ1) is 6.86. The molecule has 0 bridgehead atoms. The van der Waals surface area contributed by atoms with Crippen molar-refractivity contribution in [2.75, 3.05) is 0 Å². The predicted octanol–water partition coefficient (Wildman–Crippen LogP) is 1.80. The van der Waals surface area contributed by atoms with E-state index in [4.69, 9.17) is 9.25 Å². The van der Waals surface area contributed by atoms with Gasteiger partial charge in [0, 0.05) is 6.21 Å². The highest BCUT2D eigenvalue weighted by Gasteiger charge is 1.91. The summed E-state index contributed by atoms with van der Waals surface area (Å²) >= 11 is 0. The Morgan fingerprint density at radius 3 is 3.30 bits per heavy atom. The molecule has 1 aromatic rings. The molecule has 0 N–H and O–H groups in total. The van der Waals surface area contributed by atoms with Gasteiger partial charge in [-0.1, -0.05) is 5.16 Å². The van der Waals surface area contributed by atoms with E-state index in [-0.39, 0.29) is 0 Å². The minimum absolute atomic E-state index is 0.400. The van der Waals surface area contributed by atoms with Crippen LogP contribution in [0.3, 0.4) is 0 Å². The van der Waals surface area contributed by atoms with Crippen molar-refractivity contribution in [1.82, 2.24) is 0 Å². The molecule has 0 saturated heterocycles. The third-order valence-electron chi connectivity index (χ3n) is 0.967. The Bertz CT molecular complexity index is 191. The smallest absolute Gasteiger partial charge is 0.174 e. The number of nitrogens with zero attached hydrogens (tertiary/aromatic N) is 1. The van der Waals surface area contributed by atoms with Crippen LogP contribution in [0.15, 0.2) is 28.0 Å². The Kier molecular flexibility index (Phi) is 2.55. The molecular weight excluding hydrogens is 130 g/mol. The maximum atomic E-state index is 4.98. The van der Waals surface area contributed by atoms with Crippen LogP contribution in [0.5, 0.6) is 0 Å². The van der Waals surface area contributed by atoms with Gasteiger partial charge in [0.1, 0.15) is 5.76 Å². The van der Waals surface area contributed by atoms with E-state index in [1.807, 2.05) is 12.1 Å². The number of hydrogen-bond acceptors (Lipinski definition) is 3. The van der Waals surface area contributed by atoms with Gasteiger partial charge in [0.2, 0.25) is 0 Å². The van der Waals surface area contributed by atoms with E-state index in [2.05, 4.69) is 5.16 Å². The molecule has 1 aromatic heterocycles.